The van der Waals surface area contributed by atoms with Crippen LogP contribution in [0.25, 0.3) is 0 Å². The number of carbonyl (C=O) groups is 4. The van der Waals surface area contributed by atoms with Gasteiger partial charge in [-0.15, -0.1) is 0 Å². The van der Waals surface area contributed by atoms with E-state index in [0.29, 0.717) is 24.4 Å². The highest BCUT2D eigenvalue weighted by molar-refractivity contribution is 6.23. The van der Waals surface area contributed by atoms with E-state index in [0.717, 1.165) is 23.8 Å². The Labute approximate surface area is 196 Å². The molecule has 4 rings (SSSR count). The first kappa shape index (κ1) is 22.9. The molecule has 1 atom stereocenters. The highest BCUT2D eigenvalue weighted by Crippen LogP contribution is 2.27. The monoisotopic (exact) mass is 458 g/mol. The van der Waals surface area contributed by atoms with Gasteiger partial charge >= 0.3 is 0 Å². The van der Waals surface area contributed by atoms with Crippen LogP contribution in [0.4, 0.5) is 5.69 Å². The molecular formula is C25H22N4O5. The van der Waals surface area contributed by atoms with E-state index >= 15 is 0 Å². The molecule has 2 heterocycles. The van der Waals surface area contributed by atoms with Crippen LogP contribution < -0.4 is 10.6 Å². The Morgan fingerprint density at radius 3 is 2.65 bits per heavy atom. The molecule has 2 aliphatic heterocycles. The number of rotatable bonds is 6. The van der Waals surface area contributed by atoms with Crippen molar-refractivity contribution in [2.45, 2.75) is 25.9 Å². The molecule has 2 aliphatic rings. The van der Waals surface area contributed by atoms with Crippen molar-refractivity contribution in [1.82, 2.24) is 10.2 Å². The van der Waals surface area contributed by atoms with Gasteiger partial charge in [0.1, 0.15) is 0 Å². The highest BCUT2D eigenvalue weighted by atomic mass is 16.5. The van der Waals surface area contributed by atoms with Crippen molar-refractivity contribution in [3.63, 3.8) is 0 Å². The molecule has 9 heteroatoms. The summed E-state index contributed by atoms with van der Waals surface area (Å²) in [5, 5.41) is 14.4. The van der Waals surface area contributed by atoms with Crippen molar-refractivity contribution in [2.24, 2.45) is 0 Å². The van der Waals surface area contributed by atoms with Gasteiger partial charge in [-0.25, -0.2) is 4.90 Å². The molecule has 2 N–H and O–H groups in total. The summed E-state index contributed by atoms with van der Waals surface area (Å²) in [6, 6.07) is 12.6. The Hall–Kier alpha value is -4.29. The van der Waals surface area contributed by atoms with E-state index in [1.165, 1.54) is 25.1 Å². The first-order valence-electron chi connectivity index (χ1n) is 10.8. The number of amides is 4. The largest absolute Gasteiger partial charge is 0.376 e. The Bertz CT molecular complexity index is 1250. The Morgan fingerprint density at radius 1 is 1.15 bits per heavy atom. The summed E-state index contributed by atoms with van der Waals surface area (Å²) < 4.78 is 5.52. The smallest absolute Gasteiger partial charge is 0.265 e. The summed E-state index contributed by atoms with van der Waals surface area (Å²) in [6.07, 6.45) is 2.95. The van der Waals surface area contributed by atoms with E-state index in [9.17, 15) is 19.2 Å². The third kappa shape index (κ3) is 4.44. The number of allylic oxidation sites excluding steroid dienone is 2. The van der Waals surface area contributed by atoms with Crippen LogP contribution in [0.15, 0.2) is 54.2 Å². The summed E-state index contributed by atoms with van der Waals surface area (Å²) in [6.45, 7) is 2.56. The number of anilines is 1. The van der Waals surface area contributed by atoms with Gasteiger partial charge in [-0.05, 0) is 50.1 Å². The molecule has 1 fully saturated rings. The lowest BCUT2D eigenvalue weighted by Gasteiger charge is -2.14. The second-order valence-electron chi connectivity index (χ2n) is 7.97. The van der Waals surface area contributed by atoms with Crippen LogP contribution in [0.1, 0.15) is 61.2 Å². The number of carbonyl (C=O) groups excluding carboxylic acids is 4. The van der Waals surface area contributed by atoms with Gasteiger partial charge in [0.25, 0.3) is 23.6 Å². The lowest BCUT2D eigenvalue weighted by molar-refractivity contribution is 0.0704. The molecule has 4 amide bonds. The SMILES string of the molecule is C/C(=C\C#N)N1C(=O)c2ccc(C(=O)Nc3ccccc3C(=O)NCC3CCCO3)cc2C1=O. The zero-order chi connectivity index (χ0) is 24.2. The Morgan fingerprint density at radius 2 is 1.91 bits per heavy atom. The van der Waals surface area contributed by atoms with Crippen molar-refractivity contribution < 1.29 is 23.9 Å². The van der Waals surface area contributed by atoms with E-state index in [4.69, 9.17) is 10.00 Å². The molecule has 172 valence electrons. The van der Waals surface area contributed by atoms with E-state index in [2.05, 4.69) is 10.6 Å². The fourth-order valence-corrected chi connectivity index (χ4v) is 3.95. The van der Waals surface area contributed by atoms with Crippen molar-refractivity contribution in [3.05, 3.63) is 76.5 Å². The van der Waals surface area contributed by atoms with Crippen molar-refractivity contribution in [3.8, 4) is 6.07 Å². The molecule has 34 heavy (non-hydrogen) atoms. The van der Waals surface area contributed by atoms with Crippen LogP contribution in [-0.4, -0.2) is 47.8 Å². The second kappa shape index (κ2) is 9.68. The third-order valence-electron chi connectivity index (χ3n) is 5.71. The van der Waals surface area contributed by atoms with E-state index in [-0.39, 0.29) is 34.4 Å². The summed E-state index contributed by atoms with van der Waals surface area (Å²) in [5.41, 5.74) is 1.19. The summed E-state index contributed by atoms with van der Waals surface area (Å²) >= 11 is 0. The summed E-state index contributed by atoms with van der Waals surface area (Å²) in [4.78, 5) is 51.8. The van der Waals surface area contributed by atoms with E-state index in [1.54, 1.807) is 30.3 Å². The summed E-state index contributed by atoms with van der Waals surface area (Å²) in [5.74, 6) is -2.03. The topological polar surface area (TPSA) is 129 Å². The van der Waals surface area contributed by atoms with Gasteiger partial charge in [-0.3, -0.25) is 19.2 Å². The molecule has 9 nitrogen and oxygen atoms in total. The minimum Gasteiger partial charge on any atom is -0.376 e. The zero-order valence-electron chi connectivity index (χ0n) is 18.5. The lowest BCUT2D eigenvalue weighted by Crippen LogP contribution is -2.32. The van der Waals surface area contributed by atoms with Gasteiger partial charge in [0.15, 0.2) is 0 Å². The average Bonchev–Trinajstić information content (AvgIpc) is 3.44. The third-order valence-corrected chi connectivity index (χ3v) is 5.71. The molecule has 0 aromatic heterocycles. The number of nitriles is 1. The number of fused-ring (bicyclic) bond motifs is 1. The quantitative estimate of drug-likeness (QED) is 0.506. The molecule has 0 spiro atoms. The van der Waals surface area contributed by atoms with E-state index < -0.39 is 17.7 Å². The van der Waals surface area contributed by atoms with Crippen LogP contribution in [0.2, 0.25) is 0 Å². The Balaban J connectivity index is 1.51. The first-order chi connectivity index (χ1) is 16.4. The summed E-state index contributed by atoms with van der Waals surface area (Å²) in [7, 11) is 0. The standard InChI is InChI=1S/C25H22N4O5/c1-15(10-11-26)29-24(32)18-9-8-16(13-20(18)25(29)33)22(30)28-21-7-3-2-6-19(21)23(31)27-14-17-5-4-12-34-17/h2-3,6-10,13,17H,4-5,12,14H2,1H3,(H,27,31)(H,28,30)/b15-10+. The van der Waals surface area contributed by atoms with Gasteiger partial charge in [0.05, 0.1) is 34.6 Å². The zero-order valence-corrected chi connectivity index (χ0v) is 18.5. The maximum absolute atomic E-state index is 12.9. The van der Waals surface area contributed by atoms with Crippen molar-refractivity contribution in [1.29, 1.82) is 5.26 Å². The number of nitrogens with one attached hydrogen (secondary N) is 2. The predicted octanol–water partition coefficient (Wildman–Crippen LogP) is 2.87. The molecular weight excluding hydrogens is 436 g/mol. The molecule has 1 saturated heterocycles. The number of para-hydroxylation sites is 1. The van der Waals surface area contributed by atoms with Crippen molar-refractivity contribution >= 4 is 29.3 Å². The maximum atomic E-state index is 12.9. The number of hydrogen-bond donors (Lipinski definition) is 2. The van der Waals surface area contributed by atoms with Crippen molar-refractivity contribution in [2.75, 3.05) is 18.5 Å². The number of hydrogen-bond acceptors (Lipinski definition) is 6. The molecule has 0 bridgehead atoms. The fraction of sp³-hybridized carbons (Fsp3) is 0.240. The lowest BCUT2D eigenvalue weighted by atomic mass is 10.0. The van der Waals surface area contributed by atoms with Gasteiger partial charge in [0, 0.05) is 30.5 Å². The number of benzene rings is 2. The normalized spacial score (nSPS) is 17.4. The fourth-order valence-electron chi connectivity index (χ4n) is 3.95. The first-order valence-corrected chi connectivity index (χ1v) is 10.8. The number of imide groups is 1. The molecule has 0 radical (unpaired) electrons. The number of ether oxygens (including phenoxy) is 1. The predicted molar refractivity (Wildman–Crippen MR) is 122 cm³/mol. The van der Waals surface area contributed by atoms with Gasteiger partial charge in [0.2, 0.25) is 0 Å². The van der Waals surface area contributed by atoms with Crippen LogP contribution in [-0.2, 0) is 4.74 Å². The van der Waals surface area contributed by atoms with Gasteiger partial charge < -0.3 is 15.4 Å². The van der Waals surface area contributed by atoms with Crippen LogP contribution >= 0.6 is 0 Å². The molecule has 1 unspecified atom stereocenters. The number of nitrogens with zero attached hydrogens (tertiary/aromatic N) is 2. The Kier molecular flexibility index (Phi) is 6.52. The van der Waals surface area contributed by atoms with Gasteiger partial charge in [-0.1, -0.05) is 12.1 Å². The molecule has 2 aromatic rings. The average molecular weight is 458 g/mol. The highest BCUT2D eigenvalue weighted by Gasteiger charge is 2.37. The minimum absolute atomic E-state index is 0.0106. The van der Waals surface area contributed by atoms with Crippen LogP contribution in [0.3, 0.4) is 0 Å². The molecule has 2 aromatic carbocycles. The van der Waals surface area contributed by atoms with Gasteiger partial charge in [-0.2, -0.15) is 5.26 Å². The minimum atomic E-state index is -0.604. The molecule has 0 aliphatic carbocycles. The van der Waals surface area contributed by atoms with Crippen LogP contribution in [0.5, 0.6) is 0 Å². The van der Waals surface area contributed by atoms with E-state index in [1.807, 2.05) is 0 Å². The maximum Gasteiger partial charge on any atom is 0.265 e. The second-order valence-corrected chi connectivity index (χ2v) is 7.97. The molecule has 0 saturated carbocycles. The van der Waals surface area contributed by atoms with Crippen LogP contribution in [0, 0.1) is 11.3 Å².